The van der Waals surface area contributed by atoms with E-state index in [2.05, 4.69) is 13.8 Å². The molecule has 6 heteroatoms. The van der Waals surface area contributed by atoms with Crippen LogP contribution in [0.5, 0.6) is 0 Å². The minimum absolute atomic E-state index is 0.0976. The maximum Gasteiger partial charge on any atom is 0.197 e. The van der Waals surface area contributed by atoms with Crippen molar-refractivity contribution in [2.24, 2.45) is 0 Å². The van der Waals surface area contributed by atoms with E-state index in [0.717, 1.165) is 38.5 Å². The molecule has 0 spiro atoms. The lowest BCUT2D eigenvalue weighted by Gasteiger charge is -2.48. The van der Waals surface area contributed by atoms with E-state index < -0.39 is 43.2 Å². The van der Waals surface area contributed by atoms with Crippen LogP contribution in [0.1, 0.15) is 124 Å². The molecule has 0 bridgehead atoms. The maximum absolute atomic E-state index is 10.8. The largest absolute Gasteiger partial charge is 0.394 e. The summed E-state index contributed by atoms with van der Waals surface area (Å²) in [5, 5.41) is 41.0. The fourth-order valence-electron chi connectivity index (χ4n) is 4.41. The van der Waals surface area contributed by atoms with Gasteiger partial charge >= 0.3 is 0 Å². The molecule has 0 aromatic rings. The molecule has 2 unspecified atom stereocenters. The Labute approximate surface area is 198 Å². The molecule has 6 atom stereocenters. The SMILES string of the molecule is [2H]C(CCCCCCCC)CC1(OCCCCCCCCCC)O[C@H](CO)[C@@H](O)[C@H](O)[C@H]1O. The van der Waals surface area contributed by atoms with Gasteiger partial charge in [-0.2, -0.15) is 0 Å². The lowest BCUT2D eigenvalue weighted by Crippen LogP contribution is -2.66. The predicted octanol–water partition coefficient (Wildman–Crippen LogP) is 4.84. The lowest BCUT2D eigenvalue weighted by molar-refractivity contribution is -0.366. The van der Waals surface area contributed by atoms with E-state index in [9.17, 15) is 20.4 Å². The molecule has 1 saturated heterocycles. The van der Waals surface area contributed by atoms with Crippen LogP contribution < -0.4 is 0 Å². The second-order valence-corrected chi connectivity index (χ2v) is 9.45. The van der Waals surface area contributed by atoms with Crippen LogP contribution >= 0.6 is 0 Å². The third-order valence-electron chi connectivity index (χ3n) is 6.57. The Hall–Kier alpha value is -0.240. The molecule has 0 aromatic heterocycles. The van der Waals surface area contributed by atoms with Gasteiger partial charge < -0.3 is 29.9 Å². The van der Waals surface area contributed by atoms with Crippen molar-refractivity contribution in [1.29, 1.82) is 0 Å². The van der Waals surface area contributed by atoms with Crippen molar-refractivity contribution in [2.75, 3.05) is 13.2 Å². The van der Waals surface area contributed by atoms with E-state index in [1.165, 1.54) is 51.4 Å². The van der Waals surface area contributed by atoms with Gasteiger partial charge in [0, 0.05) is 7.79 Å². The molecule has 0 amide bonds. The van der Waals surface area contributed by atoms with Gasteiger partial charge in [-0.25, -0.2) is 0 Å². The molecule has 4 N–H and O–H groups in total. The summed E-state index contributed by atoms with van der Waals surface area (Å²) in [5.74, 6) is -1.58. The average molecular weight is 462 g/mol. The molecule has 32 heavy (non-hydrogen) atoms. The van der Waals surface area contributed by atoms with Gasteiger partial charge in [0.1, 0.15) is 24.4 Å². The Bertz CT molecular complexity index is 466. The highest BCUT2D eigenvalue weighted by Crippen LogP contribution is 2.36. The number of unbranched alkanes of at least 4 members (excludes halogenated alkanes) is 12. The quantitative estimate of drug-likeness (QED) is 0.194. The highest BCUT2D eigenvalue weighted by Gasteiger charge is 2.53. The molecule has 0 radical (unpaired) electrons. The zero-order valence-corrected chi connectivity index (χ0v) is 20.7. The number of aliphatic hydroxyl groups is 4. The Kier molecular flexibility index (Phi) is 15.9. The highest BCUT2D eigenvalue weighted by atomic mass is 16.7. The van der Waals surface area contributed by atoms with E-state index in [0.29, 0.717) is 13.0 Å². The van der Waals surface area contributed by atoms with Crippen LogP contribution in [0.25, 0.3) is 0 Å². The van der Waals surface area contributed by atoms with Crippen molar-refractivity contribution >= 4 is 0 Å². The molecular formula is C26H52O6. The lowest BCUT2D eigenvalue weighted by atomic mass is 9.89. The van der Waals surface area contributed by atoms with Gasteiger partial charge in [-0.1, -0.05) is 104 Å². The monoisotopic (exact) mass is 461 g/mol. The van der Waals surface area contributed by atoms with Crippen molar-refractivity contribution < 1.29 is 31.3 Å². The number of aliphatic hydroxyl groups excluding tert-OH is 4. The Morgan fingerprint density at radius 1 is 0.750 bits per heavy atom. The van der Waals surface area contributed by atoms with Gasteiger partial charge in [-0.3, -0.25) is 0 Å². The molecule has 6 nitrogen and oxygen atoms in total. The Balaban J connectivity index is 2.58. The third kappa shape index (κ3) is 10.8. The smallest absolute Gasteiger partial charge is 0.197 e. The van der Waals surface area contributed by atoms with Gasteiger partial charge in [-0.15, -0.1) is 0 Å². The molecule has 0 saturated carbocycles. The summed E-state index contributed by atoms with van der Waals surface area (Å²) >= 11 is 0. The van der Waals surface area contributed by atoms with Crippen LogP contribution in [0.2, 0.25) is 0 Å². The van der Waals surface area contributed by atoms with Crippen molar-refractivity contribution in [3.8, 4) is 0 Å². The molecule has 1 heterocycles. The maximum atomic E-state index is 10.8. The molecule has 1 aliphatic heterocycles. The van der Waals surface area contributed by atoms with E-state index in [-0.39, 0.29) is 6.42 Å². The molecule has 192 valence electrons. The molecule has 1 aliphatic rings. The van der Waals surface area contributed by atoms with E-state index >= 15 is 0 Å². The normalized spacial score (nSPS) is 29.8. The molecule has 0 aliphatic carbocycles. The Morgan fingerprint density at radius 2 is 1.25 bits per heavy atom. The number of hydrogen-bond acceptors (Lipinski definition) is 6. The molecule has 1 fully saturated rings. The minimum Gasteiger partial charge on any atom is -0.394 e. The summed E-state index contributed by atoms with van der Waals surface area (Å²) in [6.45, 7) is 4.25. The van der Waals surface area contributed by atoms with E-state index in [4.69, 9.17) is 10.8 Å². The number of rotatable bonds is 20. The standard InChI is InChI=1S/C26H52O6/c1-3-5-7-9-11-13-15-17-19-26(25(30)24(29)23(28)22(21-27)32-26)31-20-18-16-14-12-10-8-6-4-2/h22-25,27-30H,3-21H2,1-2H3/t22-,23-,24+,25-,26?/m1/s1/i17D/t17?,22-,23-,24+,25-,26?. The summed E-state index contributed by atoms with van der Waals surface area (Å²) in [6.07, 6.45) is 10.8. The van der Waals surface area contributed by atoms with E-state index in [1.807, 2.05) is 0 Å². The van der Waals surface area contributed by atoms with Crippen LogP contribution in [0.4, 0.5) is 0 Å². The third-order valence-corrected chi connectivity index (χ3v) is 6.57. The van der Waals surface area contributed by atoms with Crippen molar-refractivity contribution in [1.82, 2.24) is 0 Å². The van der Waals surface area contributed by atoms with Crippen LogP contribution in [0, 0.1) is 0 Å². The van der Waals surface area contributed by atoms with Crippen molar-refractivity contribution in [2.45, 2.75) is 153 Å². The first-order valence-corrected chi connectivity index (χ1v) is 13.3. The average Bonchev–Trinajstić information content (AvgIpc) is 2.81. The fraction of sp³-hybridized carbons (Fsp3) is 1.00. The zero-order chi connectivity index (χ0) is 24.5. The fourth-order valence-corrected chi connectivity index (χ4v) is 4.41. The summed E-state index contributed by atoms with van der Waals surface area (Å²) in [7, 11) is 0. The predicted molar refractivity (Wildman–Crippen MR) is 128 cm³/mol. The van der Waals surface area contributed by atoms with Crippen LogP contribution in [-0.2, 0) is 9.47 Å². The van der Waals surface area contributed by atoms with Gasteiger partial charge in [0.05, 0.1) is 13.2 Å². The molecule has 0 aromatic carbocycles. The summed E-state index contributed by atoms with van der Waals surface area (Å²) in [4.78, 5) is 0. The highest BCUT2D eigenvalue weighted by molar-refractivity contribution is 4.97. The Morgan fingerprint density at radius 3 is 1.78 bits per heavy atom. The number of hydrogen-bond donors (Lipinski definition) is 4. The molecule has 1 rings (SSSR count). The van der Waals surface area contributed by atoms with Crippen LogP contribution in [0.3, 0.4) is 0 Å². The minimum atomic E-state index is -1.58. The second-order valence-electron chi connectivity index (χ2n) is 9.45. The van der Waals surface area contributed by atoms with E-state index in [1.54, 1.807) is 0 Å². The topological polar surface area (TPSA) is 99.4 Å². The van der Waals surface area contributed by atoms with Gasteiger partial charge in [0.15, 0.2) is 5.79 Å². The van der Waals surface area contributed by atoms with Crippen LogP contribution in [0.15, 0.2) is 0 Å². The molecular weight excluding hydrogens is 408 g/mol. The summed E-state index contributed by atoms with van der Waals surface area (Å²) in [6, 6.07) is 0. The van der Waals surface area contributed by atoms with Gasteiger partial charge in [0.2, 0.25) is 0 Å². The zero-order valence-electron chi connectivity index (χ0n) is 21.7. The van der Waals surface area contributed by atoms with Crippen molar-refractivity contribution in [3.05, 3.63) is 0 Å². The van der Waals surface area contributed by atoms with Crippen LogP contribution in [-0.4, -0.2) is 63.8 Å². The van der Waals surface area contributed by atoms with Crippen molar-refractivity contribution in [3.63, 3.8) is 0 Å². The van der Waals surface area contributed by atoms with Gasteiger partial charge in [0.25, 0.3) is 0 Å². The first-order chi connectivity index (χ1) is 15.9. The van der Waals surface area contributed by atoms with Gasteiger partial charge in [-0.05, 0) is 12.8 Å². The first-order valence-electron chi connectivity index (χ1n) is 13.9. The summed E-state index contributed by atoms with van der Waals surface area (Å²) < 4.78 is 20.4. The summed E-state index contributed by atoms with van der Waals surface area (Å²) in [5.41, 5.74) is 0. The second kappa shape index (κ2) is 18.1. The number of ether oxygens (including phenoxy) is 2. The first kappa shape index (κ1) is 28.0.